The summed E-state index contributed by atoms with van der Waals surface area (Å²) < 4.78 is 0. The SMILES string of the molecule is CNCC1CCC(C)(C)CC1c1cc(C)ccc1C. The van der Waals surface area contributed by atoms with Gasteiger partial charge in [-0.05, 0) is 75.1 Å². The molecule has 1 aromatic rings. The van der Waals surface area contributed by atoms with Gasteiger partial charge in [-0.25, -0.2) is 0 Å². The molecule has 0 aromatic heterocycles. The van der Waals surface area contributed by atoms with E-state index in [4.69, 9.17) is 0 Å². The molecule has 0 aliphatic heterocycles. The third-order valence-electron chi connectivity index (χ3n) is 4.83. The van der Waals surface area contributed by atoms with Crippen molar-refractivity contribution in [1.29, 1.82) is 0 Å². The van der Waals surface area contributed by atoms with E-state index < -0.39 is 0 Å². The molecule has 0 heterocycles. The Bertz CT molecular complexity index is 433. The first-order valence-electron chi connectivity index (χ1n) is 7.65. The van der Waals surface area contributed by atoms with Gasteiger partial charge >= 0.3 is 0 Å². The highest BCUT2D eigenvalue weighted by Crippen LogP contribution is 2.47. The van der Waals surface area contributed by atoms with Gasteiger partial charge in [-0.15, -0.1) is 0 Å². The van der Waals surface area contributed by atoms with Crippen LogP contribution in [0.2, 0.25) is 0 Å². The Labute approximate surface area is 118 Å². The molecule has 0 radical (unpaired) electrons. The lowest BCUT2D eigenvalue weighted by Gasteiger charge is -2.41. The van der Waals surface area contributed by atoms with Crippen molar-refractivity contribution in [1.82, 2.24) is 5.32 Å². The third kappa shape index (κ3) is 3.39. The molecule has 1 aliphatic rings. The zero-order valence-corrected chi connectivity index (χ0v) is 13.2. The Morgan fingerprint density at radius 2 is 2.00 bits per heavy atom. The molecular weight excluding hydrogens is 230 g/mol. The molecule has 1 aromatic carbocycles. The number of hydrogen-bond acceptors (Lipinski definition) is 1. The highest BCUT2D eigenvalue weighted by Gasteiger charge is 2.35. The molecule has 1 N–H and O–H groups in total. The van der Waals surface area contributed by atoms with Crippen LogP contribution in [0.3, 0.4) is 0 Å². The maximum atomic E-state index is 3.40. The van der Waals surface area contributed by atoms with Crippen LogP contribution in [0.5, 0.6) is 0 Å². The molecule has 1 fully saturated rings. The summed E-state index contributed by atoms with van der Waals surface area (Å²) >= 11 is 0. The molecule has 0 bridgehead atoms. The zero-order valence-electron chi connectivity index (χ0n) is 13.2. The van der Waals surface area contributed by atoms with Gasteiger partial charge < -0.3 is 5.32 Å². The van der Waals surface area contributed by atoms with Gasteiger partial charge in [0.25, 0.3) is 0 Å². The molecule has 0 amide bonds. The molecule has 1 aliphatic carbocycles. The molecule has 0 saturated heterocycles. The fourth-order valence-corrected chi connectivity index (χ4v) is 3.67. The van der Waals surface area contributed by atoms with E-state index >= 15 is 0 Å². The monoisotopic (exact) mass is 259 g/mol. The van der Waals surface area contributed by atoms with E-state index in [0.717, 1.165) is 18.4 Å². The predicted molar refractivity (Wildman–Crippen MR) is 83.7 cm³/mol. The van der Waals surface area contributed by atoms with Crippen LogP contribution in [0.15, 0.2) is 18.2 Å². The Hall–Kier alpha value is -0.820. The van der Waals surface area contributed by atoms with Crippen LogP contribution in [-0.2, 0) is 0 Å². The van der Waals surface area contributed by atoms with Crippen molar-refractivity contribution >= 4 is 0 Å². The van der Waals surface area contributed by atoms with E-state index in [2.05, 4.69) is 58.3 Å². The van der Waals surface area contributed by atoms with Gasteiger partial charge in [-0.3, -0.25) is 0 Å². The Balaban J connectivity index is 2.33. The molecule has 2 atom stereocenters. The van der Waals surface area contributed by atoms with Gasteiger partial charge in [0.15, 0.2) is 0 Å². The van der Waals surface area contributed by atoms with Crippen molar-refractivity contribution in [3.05, 3.63) is 34.9 Å². The van der Waals surface area contributed by atoms with Gasteiger partial charge in [0.1, 0.15) is 0 Å². The number of aryl methyl sites for hydroxylation is 2. The Kier molecular flexibility index (Phi) is 4.35. The van der Waals surface area contributed by atoms with Gasteiger partial charge in [-0.2, -0.15) is 0 Å². The number of benzene rings is 1. The van der Waals surface area contributed by atoms with E-state index in [1.807, 2.05) is 0 Å². The lowest BCUT2D eigenvalue weighted by Crippen LogP contribution is -2.34. The largest absolute Gasteiger partial charge is 0.319 e. The lowest BCUT2D eigenvalue weighted by molar-refractivity contribution is 0.161. The van der Waals surface area contributed by atoms with Gasteiger partial charge in [0.05, 0.1) is 0 Å². The van der Waals surface area contributed by atoms with Crippen molar-refractivity contribution in [3.8, 4) is 0 Å². The van der Waals surface area contributed by atoms with Crippen LogP contribution in [0, 0.1) is 25.2 Å². The minimum absolute atomic E-state index is 0.491. The summed E-state index contributed by atoms with van der Waals surface area (Å²) in [7, 11) is 2.08. The zero-order chi connectivity index (χ0) is 14.0. The second-order valence-corrected chi connectivity index (χ2v) is 7.19. The summed E-state index contributed by atoms with van der Waals surface area (Å²) in [5.41, 5.74) is 4.94. The minimum Gasteiger partial charge on any atom is -0.319 e. The highest BCUT2D eigenvalue weighted by atomic mass is 14.8. The quantitative estimate of drug-likeness (QED) is 0.846. The Morgan fingerprint density at radius 3 is 2.68 bits per heavy atom. The summed E-state index contributed by atoms with van der Waals surface area (Å²) in [6.45, 7) is 10.5. The number of hydrogen-bond donors (Lipinski definition) is 1. The standard InChI is InChI=1S/C18H29N/c1-13-6-7-14(2)16(10-13)17-11-18(3,4)9-8-15(17)12-19-5/h6-7,10,15,17,19H,8-9,11-12H2,1-5H3. The molecule has 1 nitrogen and oxygen atoms in total. The third-order valence-corrected chi connectivity index (χ3v) is 4.83. The summed E-state index contributed by atoms with van der Waals surface area (Å²) in [6.07, 6.45) is 4.04. The van der Waals surface area contributed by atoms with Crippen molar-refractivity contribution in [2.75, 3.05) is 13.6 Å². The van der Waals surface area contributed by atoms with Crippen LogP contribution in [-0.4, -0.2) is 13.6 Å². The molecule has 1 heteroatoms. The van der Waals surface area contributed by atoms with Crippen molar-refractivity contribution in [2.24, 2.45) is 11.3 Å². The summed E-state index contributed by atoms with van der Waals surface area (Å²) in [5, 5.41) is 3.40. The summed E-state index contributed by atoms with van der Waals surface area (Å²) in [5.74, 6) is 1.51. The molecule has 2 unspecified atom stereocenters. The lowest BCUT2D eigenvalue weighted by atomic mass is 9.64. The molecule has 0 spiro atoms. The van der Waals surface area contributed by atoms with Crippen LogP contribution < -0.4 is 5.32 Å². The Morgan fingerprint density at radius 1 is 1.26 bits per heavy atom. The highest BCUT2D eigenvalue weighted by molar-refractivity contribution is 5.34. The van der Waals surface area contributed by atoms with Gasteiger partial charge in [-0.1, -0.05) is 37.6 Å². The van der Waals surface area contributed by atoms with Crippen LogP contribution in [0.25, 0.3) is 0 Å². The average Bonchev–Trinajstić information content (AvgIpc) is 2.34. The minimum atomic E-state index is 0.491. The van der Waals surface area contributed by atoms with Crippen molar-refractivity contribution in [3.63, 3.8) is 0 Å². The second-order valence-electron chi connectivity index (χ2n) is 7.19. The summed E-state index contributed by atoms with van der Waals surface area (Å²) in [6, 6.07) is 6.95. The maximum Gasteiger partial charge on any atom is -0.00177 e. The predicted octanol–water partition coefficient (Wildman–Crippen LogP) is 4.43. The molecule has 2 rings (SSSR count). The van der Waals surface area contributed by atoms with Crippen LogP contribution in [0.4, 0.5) is 0 Å². The molecular formula is C18H29N. The summed E-state index contributed by atoms with van der Waals surface area (Å²) in [4.78, 5) is 0. The first-order chi connectivity index (χ1) is 8.93. The average molecular weight is 259 g/mol. The fourth-order valence-electron chi connectivity index (χ4n) is 3.67. The van der Waals surface area contributed by atoms with Gasteiger partial charge in [0, 0.05) is 0 Å². The maximum absolute atomic E-state index is 3.40. The topological polar surface area (TPSA) is 12.0 Å². The molecule has 1 saturated carbocycles. The van der Waals surface area contributed by atoms with Crippen LogP contribution >= 0.6 is 0 Å². The number of rotatable bonds is 3. The normalized spacial score (nSPS) is 26.4. The van der Waals surface area contributed by atoms with Crippen LogP contribution in [0.1, 0.15) is 55.7 Å². The smallest absolute Gasteiger partial charge is 0.00177 e. The molecule has 106 valence electrons. The van der Waals surface area contributed by atoms with Crippen molar-refractivity contribution in [2.45, 2.75) is 52.9 Å². The van der Waals surface area contributed by atoms with E-state index in [1.54, 1.807) is 5.56 Å². The second kappa shape index (κ2) is 5.66. The van der Waals surface area contributed by atoms with E-state index in [9.17, 15) is 0 Å². The first kappa shape index (κ1) is 14.6. The van der Waals surface area contributed by atoms with E-state index in [1.165, 1.54) is 30.4 Å². The van der Waals surface area contributed by atoms with E-state index in [-0.39, 0.29) is 0 Å². The van der Waals surface area contributed by atoms with Crippen molar-refractivity contribution < 1.29 is 0 Å². The number of nitrogens with one attached hydrogen (secondary N) is 1. The van der Waals surface area contributed by atoms with Gasteiger partial charge in [0.2, 0.25) is 0 Å². The van der Waals surface area contributed by atoms with E-state index in [0.29, 0.717) is 5.41 Å². The molecule has 19 heavy (non-hydrogen) atoms. The first-order valence-corrected chi connectivity index (χ1v) is 7.65. The fraction of sp³-hybridized carbons (Fsp3) is 0.667.